The molecule has 1 heterocycles. The van der Waals surface area contributed by atoms with E-state index in [9.17, 15) is 0 Å². The topological polar surface area (TPSA) is 39.7 Å². The largest absolute Gasteiger partial charge is 0.356 e. The molecule has 1 aliphatic rings. The highest BCUT2D eigenvalue weighted by Gasteiger charge is 2.18. The molecule has 0 spiro atoms. The molecule has 4 nitrogen and oxygen atoms in total. The maximum Gasteiger partial charge on any atom is 0.191 e. The molecule has 0 bridgehead atoms. The average Bonchev–Trinajstić information content (AvgIpc) is 2.44. The second-order valence-electron chi connectivity index (χ2n) is 4.86. The SMILES string of the molecule is C=CCN1CCC(NC(=NC)NCCC=CC)CC1. The fourth-order valence-electron chi connectivity index (χ4n) is 2.27. The van der Waals surface area contributed by atoms with E-state index in [1.165, 1.54) is 12.8 Å². The number of hydrogen-bond donors (Lipinski definition) is 2. The van der Waals surface area contributed by atoms with Crippen molar-refractivity contribution in [2.75, 3.05) is 33.2 Å². The van der Waals surface area contributed by atoms with E-state index in [2.05, 4.69) is 39.3 Å². The molecule has 1 fully saturated rings. The van der Waals surface area contributed by atoms with Crippen LogP contribution in [-0.4, -0.2) is 50.1 Å². The number of piperidine rings is 1. The van der Waals surface area contributed by atoms with E-state index in [1.54, 1.807) is 0 Å². The Morgan fingerprint density at radius 2 is 2.16 bits per heavy atom. The minimum Gasteiger partial charge on any atom is -0.356 e. The minimum atomic E-state index is 0.536. The lowest BCUT2D eigenvalue weighted by molar-refractivity contribution is 0.225. The van der Waals surface area contributed by atoms with Crippen molar-refractivity contribution in [1.82, 2.24) is 15.5 Å². The van der Waals surface area contributed by atoms with Gasteiger partial charge in [-0.25, -0.2) is 0 Å². The van der Waals surface area contributed by atoms with E-state index in [4.69, 9.17) is 0 Å². The third-order valence-corrected chi connectivity index (χ3v) is 3.38. The van der Waals surface area contributed by atoms with Crippen molar-refractivity contribution in [3.8, 4) is 0 Å². The van der Waals surface area contributed by atoms with E-state index in [1.807, 2.05) is 20.0 Å². The van der Waals surface area contributed by atoms with E-state index in [-0.39, 0.29) is 0 Å². The zero-order chi connectivity index (χ0) is 13.9. The van der Waals surface area contributed by atoms with Gasteiger partial charge in [0.25, 0.3) is 0 Å². The number of likely N-dealkylation sites (tertiary alicyclic amines) is 1. The van der Waals surface area contributed by atoms with Crippen LogP contribution in [0.5, 0.6) is 0 Å². The quantitative estimate of drug-likeness (QED) is 0.332. The number of aliphatic imine (C=N–C) groups is 1. The highest BCUT2D eigenvalue weighted by Crippen LogP contribution is 2.09. The van der Waals surface area contributed by atoms with Crippen molar-refractivity contribution < 1.29 is 0 Å². The summed E-state index contributed by atoms with van der Waals surface area (Å²) in [7, 11) is 1.83. The maximum atomic E-state index is 4.28. The molecule has 0 radical (unpaired) electrons. The first-order chi connectivity index (χ1) is 9.30. The number of hydrogen-bond acceptors (Lipinski definition) is 2. The van der Waals surface area contributed by atoms with Crippen LogP contribution in [0.15, 0.2) is 29.8 Å². The van der Waals surface area contributed by atoms with Crippen LogP contribution < -0.4 is 10.6 Å². The van der Waals surface area contributed by atoms with Gasteiger partial charge in [0, 0.05) is 39.3 Å². The fraction of sp³-hybridized carbons (Fsp3) is 0.667. The third kappa shape index (κ3) is 6.43. The van der Waals surface area contributed by atoms with Gasteiger partial charge in [0.05, 0.1) is 0 Å². The third-order valence-electron chi connectivity index (χ3n) is 3.38. The molecule has 19 heavy (non-hydrogen) atoms. The number of guanidine groups is 1. The summed E-state index contributed by atoms with van der Waals surface area (Å²) in [5.74, 6) is 0.923. The lowest BCUT2D eigenvalue weighted by atomic mass is 10.1. The van der Waals surface area contributed by atoms with Crippen molar-refractivity contribution in [3.63, 3.8) is 0 Å². The van der Waals surface area contributed by atoms with Gasteiger partial charge in [0.15, 0.2) is 5.96 Å². The van der Waals surface area contributed by atoms with Crippen molar-refractivity contribution in [2.45, 2.75) is 32.2 Å². The Kier molecular flexibility index (Phi) is 7.98. The molecule has 1 aliphatic heterocycles. The molecule has 0 unspecified atom stereocenters. The molecule has 108 valence electrons. The molecule has 0 aromatic heterocycles. The molecule has 2 N–H and O–H groups in total. The molecule has 0 atom stereocenters. The molecular weight excluding hydrogens is 236 g/mol. The normalized spacial score (nSPS) is 18.7. The van der Waals surface area contributed by atoms with Crippen LogP contribution in [0.25, 0.3) is 0 Å². The highest BCUT2D eigenvalue weighted by molar-refractivity contribution is 5.79. The molecule has 1 rings (SSSR count). The van der Waals surface area contributed by atoms with Crippen molar-refractivity contribution in [3.05, 3.63) is 24.8 Å². The van der Waals surface area contributed by atoms with Gasteiger partial charge in [0.2, 0.25) is 0 Å². The summed E-state index contributed by atoms with van der Waals surface area (Å²) in [6.07, 6.45) is 9.60. The predicted octanol–water partition coefficient (Wildman–Crippen LogP) is 1.77. The van der Waals surface area contributed by atoms with Crippen LogP contribution in [0.1, 0.15) is 26.2 Å². The predicted molar refractivity (Wildman–Crippen MR) is 83.6 cm³/mol. The summed E-state index contributed by atoms with van der Waals surface area (Å²) in [6, 6.07) is 0.536. The Morgan fingerprint density at radius 1 is 1.42 bits per heavy atom. The van der Waals surface area contributed by atoms with Gasteiger partial charge in [-0.2, -0.15) is 0 Å². The Balaban J connectivity index is 2.23. The van der Waals surface area contributed by atoms with Crippen molar-refractivity contribution in [2.24, 2.45) is 4.99 Å². The highest BCUT2D eigenvalue weighted by atomic mass is 15.2. The Labute approximate surface area is 117 Å². The zero-order valence-electron chi connectivity index (χ0n) is 12.4. The van der Waals surface area contributed by atoms with Crippen molar-refractivity contribution >= 4 is 5.96 Å². The second-order valence-corrected chi connectivity index (χ2v) is 4.86. The first kappa shape index (κ1) is 15.8. The van der Waals surface area contributed by atoms with Gasteiger partial charge < -0.3 is 10.6 Å². The summed E-state index contributed by atoms with van der Waals surface area (Å²) in [6.45, 7) is 10.0. The standard InChI is InChI=1S/C15H28N4/c1-4-6-7-10-17-15(16-3)18-14-8-12-19(11-5-2)13-9-14/h4-6,14H,2,7-13H2,1,3H3,(H2,16,17,18). The van der Waals surface area contributed by atoms with Gasteiger partial charge >= 0.3 is 0 Å². The first-order valence-electron chi connectivity index (χ1n) is 7.21. The fourth-order valence-corrected chi connectivity index (χ4v) is 2.27. The summed E-state index contributed by atoms with van der Waals surface area (Å²) in [5, 5.41) is 6.85. The summed E-state index contributed by atoms with van der Waals surface area (Å²) >= 11 is 0. The van der Waals surface area contributed by atoms with Crippen LogP contribution in [0.4, 0.5) is 0 Å². The monoisotopic (exact) mass is 264 g/mol. The smallest absolute Gasteiger partial charge is 0.191 e. The lowest BCUT2D eigenvalue weighted by Gasteiger charge is -2.32. The number of rotatable bonds is 6. The van der Waals surface area contributed by atoms with E-state index < -0.39 is 0 Å². The van der Waals surface area contributed by atoms with Crippen LogP contribution >= 0.6 is 0 Å². The van der Waals surface area contributed by atoms with Gasteiger partial charge in [-0.05, 0) is 26.2 Å². The molecule has 0 saturated carbocycles. The number of nitrogens with zero attached hydrogens (tertiary/aromatic N) is 2. The zero-order valence-corrected chi connectivity index (χ0v) is 12.4. The number of allylic oxidation sites excluding steroid dienone is 1. The van der Waals surface area contributed by atoms with Crippen molar-refractivity contribution in [1.29, 1.82) is 0 Å². The summed E-state index contributed by atoms with van der Waals surface area (Å²) in [5.41, 5.74) is 0. The number of nitrogens with one attached hydrogen (secondary N) is 2. The minimum absolute atomic E-state index is 0.536. The summed E-state index contributed by atoms with van der Waals surface area (Å²) < 4.78 is 0. The van der Waals surface area contributed by atoms with Crippen LogP contribution in [-0.2, 0) is 0 Å². The van der Waals surface area contributed by atoms with Crippen LogP contribution in [0.3, 0.4) is 0 Å². The molecular formula is C15H28N4. The van der Waals surface area contributed by atoms with E-state index in [0.717, 1.165) is 38.6 Å². The summed E-state index contributed by atoms with van der Waals surface area (Å²) in [4.78, 5) is 6.71. The molecule has 0 aliphatic carbocycles. The van der Waals surface area contributed by atoms with Crippen LogP contribution in [0, 0.1) is 0 Å². The molecule has 0 aromatic carbocycles. The first-order valence-corrected chi connectivity index (χ1v) is 7.21. The van der Waals surface area contributed by atoms with Gasteiger partial charge in [-0.15, -0.1) is 6.58 Å². The second kappa shape index (κ2) is 9.62. The molecule has 0 aromatic rings. The lowest BCUT2D eigenvalue weighted by Crippen LogP contribution is -2.48. The molecule has 4 heteroatoms. The van der Waals surface area contributed by atoms with Gasteiger partial charge in [-0.1, -0.05) is 18.2 Å². The van der Waals surface area contributed by atoms with Gasteiger partial charge in [-0.3, -0.25) is 9.89 Å². The van der Waals surface area contributed by atoms with Crippen LogP contribution in [0.2, 0.25) is 0 Å². The Morgan fingerprint density at radius 3 is 2.74 bits per heavy atom. The van der Waals surface area contributed by atoms with Gasteiger partial charge in [0.1, 0.15) is 0 Å². The Hall–Kier alpha value is -1.29. The van der Waals surface area contributed by atoms with E-state index in [0.29, 0.717) is 6.04 Å². The van der Waals surface area contributed by atoms with E-state index >= 15 is 0 Å². The molecule has 0 amide bonds. The molecule has 1 saturated heterocycles. The maximum absolute atomic E-state index is 4.28. The average molecular weight is 264 g/mol. The Bertz CT molecular complexity index is 301.